The molecule has 1 amide bonds. The van der Waals surface area contributed by atoms with Gasteiger partial charge in [-0.15, -0.1) is 0 Å². The minimum Gasteiger partial charge on any atom is -0.496 e. The molecule has 1 heterocycles. The summed E-state index contributed by atoms with van der Waals surface area (Å²) in [6.07, 6.45) is 4.06. The van der Waals surface area contributed by atoms with Crippen LogP contribution in [0.4, 0.5) is 0 Å². The van der Waals surface area contributed by atoms with Crippen molar-refractivity contribution in [2.75, 3.05) is 41.1 Å². The van der Waals surface area contributed by atoms with Crippen LogP contribution in [-0.4, -0.2) is 47.0 Å². The van der Waals surface area contributed by atoms with Gasteiger partial charge in [-0.25, -0.2) is 0 Å². The van der Waals surface area contributed by atoms with Crippen LogP contribution in [0.15, 0.2) is 47.1 Å². The van der Waals surface area contributed by atoms with E-state index in [4.69, 9.17) is 23.4 Å². The van der Waals surface area contributed by atoms with E-state index in [1.165, 1.54) is 0 Å². The highest BCUT2D eigenvalue weighted by molar-refractivity contribution is 6.00. The van der Waals surface area contributed by atoms with Crippen molar-refractivity contribution in [2.45, 2.75) is 20.3 Å². The maximum absolute atomic E-state index is 12.4. The second-order valence-electron chi connectivity index (χ2n) is 7.44. The largest absolute Gasteiger partial charge is 0.496 e. The van der Waals surface area contributed by atoms with Crippen LogP contribution in [0.5, 0.6) is 17.2 Å². The lowest BCUT2D eigenvalue weighted by atomic mass is 9.99. The molecule has 176 valence electrons. The van der Waals surface area contributed by atoms with E-state index in [9.17, 15) is 4.79 Å². The normalized spacial score (nSPS) is 11.5. The lowest BCUT2D eigenvalue weighted by Gasteiger charge is -2.11. The first kappa shape index (κ1) is 24.2. The molecule has 7 heteroatoms. The monoisotopic (exact) mass is 453 g/mol. The Morgan fingerprint density at radius 3 is 2.48 bits per heavy atom. The van der Waals surface area contributed by atoms with Gasteiger partial charge in [0.2, 0.25) is 5.91 Å². The second-order valence-corrected chi connectivity index (χ2v) is 7.44. The summed E-state index contributed by atoms with van der Waals surface area (Å²) < 4.78 is 27.5. The number of carbonyl (C=O) groups excluding carboxylic acids is 1. The number of rotatable bonds is 11. The third-order valence-corrected chi connectivity index (χ3v) is 5.33. The van der Waals surface area contributed by atoms with Gasteiger partial charge in [-0.2, -0.15) is 0 Å². The molecular weight excluding hydrogens is 422 g/mol. The number of nitrogens with one attached hydrogen (secondary N) is 1. The number of hydrogen-bond donors (Lipinski definition) is 1. The molecule has 7 nitrogen and oxygen atoms in total. The summed E-state index contributed by atoms with van der Waals surface area (Å²) in [5.74, 6) is 1.77. The Kier molecular flexibility index (Phi) is 8.38. The first-order valence-corrected chi connectivity index (χ1v) is 10.9. The van der Waals surface area contributed by atoms with Crippen LogP contribution in [0.2, 0.25) is 0 Å². The van der Waals surface area contributed by atoms with Crippen molar-refractivity contribution in [2.24, 2.45) is 0 Å². The molecule has 1 N–H and O–H groups in total. The van der Waals surface area contributed by atoms with Gasteiger partial charge in [-0.3, -0.25) is 4.79 Å². The SMILES string of the molecule is CCOCCCNC(=O)/C=C(\C)c1cc2c(-c3ccc(OC)c(OC)c3)coc2cc1OC. The van der Waals surface area contributed by atoms with Crippen molar-refractivity contribution < 1.29 is 28.2 Å². The van der Waals surface area contributed by atoms with Crippen molar-refractivity contribution in [3.05, 3.63) is 48.2 Å². The number of benzene rings is 2. The Balaban J connectivity index is 1.92. The summed E-state index contributed by atoms with van der Waals surface area (Å²) in [7, 11) is 4.81. The summed E-state index contributed by atoms with van der Waals surface area (Å²) >= 11 is 0. The van der Waals surface area contributed by atoms with E-state index in [0.717, 1.165) is 34.1 Å². The molecule has 0 fully saturated rings. The number of allylic oxidation sites excluding steroid dienone is 1. The molecule has 2 aromatic carbocycles. The number of carbonyl (C=O) groups is 1. The maximum atomic E-state index is 12.4. The van der Waals surface area contributed by atoms with Crippen LogP contribution < -0.4 is 19.5 Å². The van der Waals surface area contributed by atoms with Crippen molar-refractivity contribution in [3.63, 3.8) is 0 Å². The van der Waals surface area contributed by atoms with Gasteiger partial charge in [0.05, 0.1) is 27.6 Å². The fraction of sp³-hybridized carbons (Fsp3) is 0.346. The Morgan fingerprint density at radius 2 is 1.79 bits per heavy atom. The molecule has 0 atom stereocenters. The van der Waals surface area contributed by atoms with E-state index in [1.807, 2.05) is 44.2 Å². The Labute approximate surface area is 194 Å². The van der Waals surface area contributed by atoms with Crippen molar-refractivity contribution in [1.82, 2.24) is 5.32 Å². The van der Waals surface area contributed by atoms with E-state index >= 15 is 0 Å². The number of furan rings is 1. The fourth-order valence-electron chi connectivity index (χ4n) is 3.61. The van der Waals surface area contributed by atoms with Gasteiger partial charge in [0.25, 0.3) is 0 Å². The van der Waals surface area contributed by atoms with Crippen LogP contribution in [0.25, 0.3) is 27.7 Å². The molecule has 0 unspecified atom stereocenters. The minimum absolute atomic E-state index is 0.154. The first-order chi connectivity index (χ1) is 16.0. The highest BCUT2D eigenvalue weighted by Crippen LogP contribution is 2.39. The summed E-state index contributed by atoms with van der Waals surface area (Å²) in [6.45, 7) is 5.70. The molecule has 0 aliphatic rings. The average Bonchev–Trinajstić information content (AvgIpc) is 3.25. The van der Waals surface area contributed by atoms with Crippen molar-refractivity contribution in [3.8, 4) is 28.4 Å². The quantitative estimate of drug-likeness (QED) is 0.323. The van der Waals surface area contributed by atoms with Crippen LogP contribution in [0.3, 0.4) is 0 Å². The topological polar surface area (TPSA) is 79.2 Å². The minimum atomic E-state index is -0.154. The molecule has 3 aromatic rings. The summed E-state index contributed by atoms with van der Waals surface area (Å²) in [6, 6.07) is 9.54. The number of hydrogen-bond acceptors (Lipinski definition) is 6. The number of fused-ring (bicyclic) bond motifs is 1. The summed E-state index contributed by atoms with van der Waals surface area (Å²) in [4.78, 5) is 12.4. The van der Waals surface area contributed by atoms with E-state index in [2.05, 4.69) is 5.32 Å². The van der Waals surface area contributed by atoms with Gasteiger partial charge in [-0.1, -0.05) is 6.07 Å². The standard InChI is InChI=1S/C26H31NO6/c1-6-32-11-7-10-27-26(28)12-17(2)19-14-20-21(16-33-24(20)15-23(19)30-4)18-8-9-22(29-3)25(13-18)31-5/h8-9,12-16H,6-7,10-11H2,1-5H3,(H,27,28)/b17-12+. The Hall–Kier alpha value is -3.45. The molecule has 1 aromatic heterocycles. The zero-order valence-electron chi connectivity index (χ0n) is 19.8. The number of amides is 1. The lowest BCUT2D eigenvalue weighted by molar-refractivity contribution is -0.116. The van der Waals surface area contributed by atoms with E-state index in [-0.39, 0.29) is 5.91 Å². The van der Waals surface area contributed by atoms with Gasteiger partial charge in [0.15, 0.2) is 11.5 Å². The molecule has 33 heavy (non-hydrogen) atoms. The van der Waals surface area contributed by atoms with E-state index in [1.54, 1.807) is 33.7 Å². The lowest BCUT2D eigenvalue weighted by Crippen LogP contribution is -2.23. The van der Waals surface area contributed by atoms with E-state index in [0.29, 0.717) is 42.6 Å². The van der Waals surface area contributed by atoms with Gasteiger partial charge in [-0.05, 0) is 49.6 Å². The molecule has 0 radical (unpaired) electrons. The third kappa shape index (κ3) is 5.68. The third-order valence-electron chi connectivity index (χ3n) is 5.33. The molecule has 0 spiro atoms. The Morgan fingerprint density at radius 1 is 1.03 bits per heavy atom. The zero-order chi connectivity index (χ0) is 23.8. The smallest absolute Gasteiger partial charge is 0.244 e. The summed E-state index contributed by atoms with van der Waals surface area (Å²) in [5.41, 5.74) is 4.13. The number of methoxy groups -OCH3 is 3. The zero-order valence-corrected chi connectivity index (χ0v) is 19.8. The average molecular weight is 454 g/mol. The number of ether oxygens (including phenoxy) is 4. The van der Waals surface area contributed by atoms with Gasteiger partial charge in [0, 0.05) is 48.4 Å². The van der Waals surface area contributed by atoms with Gasteiger partial charge >= 0.3 is 0 Å². The van der Waals surface area contributed by atoms with Crippen LogP contribution in [-0.2, 0) is 9.53 Å². The molecule has 0 aliphatic carbocycles. The van der Waals surface area contributed by atoms with Crippen LogP contribution in [0.1, 0.15) is 25.8 Å². The molecule has 0 saturated heterocycles. The second kappa shape index (κ2) is 11.4. The molecule has 0 saturated carbocycles. The fourth-order valence-corrected chi connectivity index (χ4v) is 3.61. The first-order valence-electron chi connectivity index (χ1n) is 10.9. The Bertz CT molecular complexity index is 1130. The summed E-state index contributed by atoms with van der Waals surface area (Å²) in [5, 5.41) is 3.80. The van der Waals surface area contributed by atoms with Crippen molar-refractivity contribution >= 4 is 22.4 Å². The van der Waals surface area contributed by atoms with Gasteiger partial charge < -0.3 is 28.7 Å². The van der Waals surface area contributed by atoms with Crippen molar-refractivity contribution in [1.29, 1.82) is 0 Å². The maximum Gasteiger partial charge on any atom is 0.244 e. The molecule has 3 rings (SSSR count). The predicted octanol–water partition coefficient (Wildman–Crippen LogP) is 5.07. The van der Waals surface area contributed by atoms with E-state index < -0.39 is 0 Å². The molecule has 0 aliphatic heterocycles. The van der Waals surface area contributed by atoms with Gasteiger partial charge in [0.1, 0.15) is 11.3 Å². The molecular formula is C26H31NO6. The van der Waals surface area contributed by atoms with Crippen LogP contribution in [0, 0.1) is 0 Å². The highest BCUT2D eigenvalue weighted by atomic mass is 16.5. The predicted molar refractivity (Wildman–Crippen MR) is 129 cm³/mol. The highest BCUT2D eigenvalue weighted by Gasteiger charge is 2.16. The molecule has 0 bridgehead atoms. The van der Waals surface area contributed by atoms with Crippen LogP contribution >= 0.6 is 0 Å².